The molecule has 0 unspecified atom stereocenters. The van der Waals surface area contributed by atoms with E-state index in [0.717, 1.165) is 9.99 Å². The Bertz CT molecular complexity index is 820. The predicted molar refractivity (Wildman–Crippen MR) is 75.1 cm³/mol. The van der Waals surface area contributed by atoms with Crippen molar-refractivity contribution in [2.24, 2.45) is 0 Å². The molecule has 2 aromatic rings. The van der Waals surface area contributed by atoms with Crippen LogP contribution < -0.4 is 5.32 Å². The lowest BCUT2D eigenvalue weighted by Crippen LogP contribution is -2.30. The molecule has 0 fully saturated rings. The molecule has 0 spiro atoms. The minimum atomic E-state index is -3.90. The number of sulfonamides is 1. The lowest BCUT2D eigenvalue weighted by atomic mass is 10.2. The normalized spacial score (nSPS) is 15.9. The Morgan fingerprint density at radius 2 is 2.05 bits per heavy atom. The fraction of sp³-hybridized carbons (Fsp3) is 0.154. The number of carbonyl (C=O) groups is 1. The summed E-state index contributed by atoms with van der Waals surface area (Å²) in [5.41, 5.74) is 1.37. The molecule has 0 aliphatic carbocycles. The van der Waals surface area contributed by atoms with Crippen molar-refractivity contribution >= 4 is 21.6 Å². The lowest BCUT2D eigenvalue weighted by molar-refractivity contribution is 0.0863. The molecular weight excluding hydrogens is 292 g/mol. The van der Waals surface area contributed by atoms with E-state index in [1.165, 1.54) is 18.3 Å². The maximum Gasteiger partial charge on any atom is 0.285 e. The second-order valence-corrected chi connectivity index (χ2v) is 6.24. The number of pyridine rings is 2. The first kappa shape index (κ1) is 13.5. The molecule has 1 N–H and O–H groups in total. The average Bonchev–Trinajstić information content (AvgIpc) is 2.69. The Morgan fingerprint density at radius 3 is 2.76 bits per heavy atom. The van der Waals surface area contributed by atoms with Crippen molar-refractivity contribution in [3.63, 3.8) is 0 Å². The number of hydrogen-bond acceptors (Lipinski definition) is 6. The molecule has 3 rings (SSSR count). The van der Waals surface area contributed by atoms with Crippen LogP contribution in [0.1, 0.15) is 16.1 Å². The molecule has 8 heteroatoms. The Morgan fingerprint density at radius 1 is 1.24 bits per heavy atom. The third-order valence-electron chi connectivity index (χ3n) is 3.17. The van der Waals surface area contributed by atoms with Gasteiger partial charge in [-0.05, 0) is 24.3 Å². The summed E-state index contributed by atoms with van der Waals surface area (Å²) in [5, 5.41) is 2.74. The molecule has 0 radical (unpaired) electrons. The molecular formula is C13H12N4O3S. The largest absolute Gasteiger partial charge is 0.388 e. The van der Waals surface area contributed by atoms with Crippen molar-refractivity contribution in [3.05, 3.63) is 47.9 Å². The first-order valence-electron chi connectivity index (χ1n) is 6.19. The third-order valence-corrected chi connectivity index (χ3v) is 4.86. The number of nitrogens with zero attached hydrogens (tertiary/aromatic N) is 3. The van der Waals surface area contributed by atoms with Gasteiger partial charge in [0.1, 0.15) is 0 Å². The second-order valence-electron chi connectivity index (χ2n) is 4.46. The number of carbonyl (C=O) groups excluding carboxylic acids is 1. The lowest BCUT2D eigenvalue weighted by Gasteiger charge is -2.14. The van der Waals surface area contributed by atoms with Gasteiger partial charge in [-0.1, -0.05) is 0 Å². The number of amides is 1. The van der Waals surface area contributed by atoms with E-state index < -0.39 is 15.9 Å². The van der Waals surface area contributed by atoms with Gasteiger partial charge in [0.25, 0.3) is 15.9 Å². The van der Waals surface area contributed by atoms with Gasteiger partial charge in [-0.25, -0.2) is 9.29 Å². The van der Waals surface area contributed by atoms with E-state index in [9.17, 15) is 13.2 Å². The fourth-order valence-electron chi connectivity index (χ4n) is 2.13. The Balaban J connectivity index is 1.99. The molecule has 0 atom stereocenters. The molecule has 0 bridgehead atoms. The quantitative estimate of drug-likeness (QED) is 0.904. The first-order valence-corrected chi connectivity index (χ1v) is 7.63. The minimum Gasteiger partial charge on any atom is -0.388 e. The van der Waals surface area contributed by atoms with Crippen LogP contribution in [-0.2, 0) is 16.6 Å². The monoisotopic (exact) mass is 304 g/mol. The summed E-state index contributed by atoms with van der Waals surface area (Å²) in [5.74, 6) is -0.574. The average molecular weight is 304 g/mol. The van der Waals surface area contributed by atoms with Crippen LogP contribution in [0, 0.1) is 0 Å². The highest BCUT2D eigenvalue weighted by atomic mass is 32.2. The van der Waals surface area contributed by atoms with Crippen LogP contribution >= 0.6 is 0 Å². The SMILES string of the molecule is CNc1ccnc(CN2C(=O)c3cccnc3S2(=O)=O)c1. The molecule has 1 amide bonds. The standard InChI is InChI=1S/C13H12N4O3S/c1-14-9-4-6-15-10(7-9)8-17-13(18)11-3-2-5-16-12(11)21(17,19)20/h2-7H,8H2,1H3,(H,14,15). The first-order chi connectivity index (χ1) is 10.0. The molecule has 21 heavy (non-hydrogen) atoms. The zero-order valence-electron chi connectivity index (χ0n) is 11.1. The molecule has 108 valence electrons. The van der Waals surface area contributed by atoms with E-state index in [0.29, 0.717) is 5.69 Å². The van der Waals surface area contributed by atoms with Gasteiger partial charge in [0.15, 0.2) is 5.03 Å². The van der Waals surface area contributed by atoms with Crippen molar-refractivity contribution in [1.82, 2.24) is 14.3 Å². The van der Waals surface area contributed by atoms with Crippen molar-refractivity contribution in [1.29, 1.82) is 0 Å². The van der Waals surface area contributed by atoms with E-state index in [4.69, 9.17) is 0 Å². The number of hydrogen-bond donors (Lipinski definition) is 1. The van der Waals surface area contributed by atoms with Crippen molar-refractivity contribution in [2.75, 3.05) is 12.4 Å². The van der Waals surface area contributed by atoms with Crippen LogP contribution in [-0.4, -0.2) is 35.6 Å². The second kappa shape index (κ2) is 4.81. The van der Waals surface area contributed by atoms with E-state index in [1.54, 1.807) is 25.4 Å². The predicted octanol–water partition coefficient (Wildman–Crippen LogP) is 0.863. The van der Waals surface area contributed by atoms with E-state index in [-0.39, 0.29) is 17.1 Å². The summed E-state index contributed by atoms with van der Waals surface area (Å²) in [6, 6.07) is 6.44. The number of aromatic nitrogens is 2. The number of anilines is 1. The van der Waals surface area contributed by atoms with Gasteiger partial charge < -0.3 is 5.32 Å². The summed E-state index contributed by atoms with van der Waals surface area (Å²) in [7, 11) is -2.15. The Labute approximate surface area is 121 Å². The highest BCUT2D eigenvalue weighted by Crippen LogP contribution is 2.29. The topological polar surface area (TPSA) is 92.3 Å². The van der Waals surface area contributed by atoms with Gasteiger partial charge in [-0.3, -0.25) is 9.78 Å². The number of rotatable bonds is 3. The van der Waals surface area contributed by atoms with Crippen LogP contribution in [0.4, 0.5) is 5.69 Å². The number of nitrogens with one attached hydrogen (secondary N) is 1. The summed E-state index contributed by atoms with van der Waals surface area (Å²) in [4.78, 5) is 20.1. The maximum absolute atomic E-state index is 12.4. The molecule has 7 nitrogen and oxygen atoms in total. The summed E-state index contributed by atoms with van der Waals surface area (Å²) < 4.78 is 25.5. The summed E-state index contributed by atoms with van der Waals surface area (Å²) in [6.07, 6.45) is 2.91. The zero-order chi connectivity index (χ0) is 15.0. The zero-order valence-corrected chi connectivity index (χ0v) is 12.0. The molecule has 0 saturated carbocycles. The van der Waals surface area contributed by atoms with Gasteiger partial charge in [0, 0.05) is 25.1 Å². The van der Waals surface area contributed by atoms with Crippen molar-refractivity contribution in [2.45, 2.75) is 11.6 Å². The highest BCUT2D eigenvalue weighted by Gasteiger charge is 2.42. The smallest absolute Gasteiger partial charge is 0.285 e. The van der Waals surface area contributed by atoms with Crippen LogP contribution in [0.3, 0.4) is 0 Å². The highest BCUT2D eigenvalue weighted by molar-refractivity contribution is 7.90. The fourth-order valence-corrected chi connectivity index (χ4v) is 3.59. The van der Waals surface area contributed by atoms with E-state index in [1.807, 2.05) is 0 Å². The molecule has 3 heterocycles. The summed E-state index contributed by atoms with van der Waals surface area (Å²) in [6.45, 7) is -0.118. The molecule has 0 saturated heterocycles. The van der Waals surface area contributed by atoms with Gasteiger partial charge in [0.05, 0.1) is 17.8 Å². The molecule has 0 aromatic carbocycles. The van der Waals surface area contributed by atoms with Crippen LogP contribution in [0.5, 0.6) is 0 Å². The Hall–Kier alpha value is -2.48. The van der Waals surface area contributed by atoms with Gasteiger partial charge >= 0.3 is 0 Å². The van der Waals surface area contributed by atoms with Gasteiger partial charge in [0.2, 0.25) is 0 Å². The van der Waals surface area contributed by atoms with Crippen LogP contribution in [0.2, 0.25) is 0 Å². The van der Waals surface area contributed by atoms with Crippen LogP contribution in [0.25, 0.3) is 0 Å². The van der Waals surface area contributed by atoms with Crippen molar-refractivity contribution < 1.29 is 13.2 Å². The number of fused-ring (bicyclic) bond motifs is 1. The van der Waals surface area contributed by atoms with E-state index in [2.05, 4.69) is 15.3 Å². The van der Waals surface area contributed by atoms with E-state index >= 15 is 0 Å². The molecule has 1 aliphatic heterocycles. The maximum atomic E-state index is 12.4. The minimum absolute atomic E-state index is 0.0993. The van der Waals surface area contributed by atoms with Crippen molar-refractivity contribution in [3.8, 4) is 0 Å². The third kappa shape index (κ3) is 2.13. The molecule has 1 aliphatic rings. The van der Waals surface area contributed by atoms with Gasteiger partial charge in [-0.15, -0.1) is 0 Å². The molecule has 2 aromatic heterocycles. The van der Waals surface area contributed by atoms with Crippen LogP contribution in [0.15, 0.2) is 41.7 Å². The van der Waals surface area contributed by atoms with Gasteiger partial charge in [-0.2, -0.15) is 8.42 Å². The summed E-state index contributed by atoms with van der Waals surface area (Å²) >= 11 is 0. The Kier molecular flexibility index (Phi) is 3.09.